The van der Waals surface area contributed by atoms with E-state index < -0.39 is 15.7 Å². The van der Waals surface area contributed by atoms with Crippen LogP contribution in [0.1, 0.15) is 37.2 Å². The molecule has 2 atom stereocenters. The molecule has 3 aliphatic rings. The van der Waals surface area contributed by atoms with Crippen molar-refractivity contribution in [1.82, 2.24) is 14.5 Å². The number of nitriles is 1. The summed E-state index contributed by atoms with van der Waals surface area (Å²) in [6.45, 7) is 2.27. The summed E-state index contributed by atoms with van der Waals surface area (Å²) in [5, 5.41) is 18.1. The van der Waals surface area contributed by atoms with Gasteiger partial charge in [0, 0.05) is 44.2 Å². The molecule has 3 N–H and O–H groups in total. The van der Waals surface area contributed by atoms with Crippen molar-refractivity contribution in [1.29, 1.82) is 5.26 Å². The number of benzene rings is 1. The zero-order chi connectivity index (χ0) is 19.9. The van der Waals surface area contributed by atoms with Crippen molar-refractivity contribution in [3.05, 3.63) is 35.6 Å². The maximum absolute atomic E-state index is 13.1. The highest BCUT2D eigenvalue weighted by molar-refractivity contribution is 7.86. The van der Waals surface area contributed by atoms with Gasteiger partial charge in [0.2, 0.25) is 0 Å². The maximum atomic E-state index is 13.1. The average molecular weight is 408 g/mol. The van der Waals surface area contributed by atoms with Crippen LogP contribution in [0.5, 0.6) is 0 Å². The molecule has 0 amide bonds. The van der Waals surface area contributed by atoms with E-state index in [1.165, 1.54) is 22.0 Å². The van der Waals surface area contributed by atoms with Gasteiger partial charge < -0.3 is 5.32 Å². The molecule has 2 heterocycles. The van der Waals surface area contributed by atoms with Crippen LogP contribution in [0.4, 0.5) is 4.39 Å². The first-order chi connectivity index (χ1) is 13.3. The summed E-state index contributed by atoms with van der Waals surface area (Å²) in [7, 11) is -3.69. The van der Waals surface area contributed by atoms with Crippen molar-refractivity contribution in [2.24, 2.45) is 5.14 Å². The van der Waals surface area contributed by atoms with Crippen LogP contribution in [0.3, 0.4) is 0 Å². The summed E-state index contributed by atoms with van der Waals surface area (Å²) in [4.78, 5) is 2.26. The van der Waals surface area contributed by atoms with Gasteiger partial charge in [-0.15, -0.1) is 0 Å². The SMILES string of the molecule is N#CCC1(N2CCC(N[C@@H]3C[C@H]3c3ccc(F)cc3)CC2)CN(S(N)(=O)=O)C1. The molecule has 7 nitrogen and oxygen atoms in total. The molecule has 152 valence electrons. The van der Waals surface area contributed by atoms with E-state index in [2.05, 4.69) is 16.3 Å². The van der Waals surface area contributed by atoms with Gasteiger partial charge in [-0.2, -0.15) is 18.0 Å². The highest BCUT2D eigenvalue weighted by atomic mass is 32.2. The van der Waals surface area contributed by atoms with Gasteiger partial charge in [-0.25, -0.2) is 9.53 Å². The van der Waals surface area contributed by atoms with Crippen LogP contribution in [0.15, 0.2) is 24.3 Å². The van der Waals surface area contributed by atoms with E-state index >= 15 is 0 Å². The second kappa shape index (κ2) is 7.35. The van der Waals surface area contributed by atoms with Crippen LogP contribution in [0.2, 0.25) is 0 Å². The molecule has 4 rings (SSSR count). The largest absolute Gasteiger partial charge is 0.311 e. The summed E-state index contributed by atoms with van der Waals surface area (Å²) < 4.78 is 37.3. The first-order valence-electron chi connectivity index (χ1n) is 9.72. The van der Waals surface area contributed by atoms with E-state index in [4.69, 9.17) is 5.14 Å². The number of nitrogens with one attached hydrogen (secondary N) is 1. The molecule has 0 radical (unpaired) electrons. The third-order valence-electron chi connectivity index (χ3n) is 6.41. The number of rotatable bonds is 6. The lowest BCUT2D eigenvalue weighted by Crippen LogP contribution is -2.73. The third kappa shape index (κ3) is 3.93. The summed E-state index contributed by atoms with van der Waals surface area (Å²) in [5.41, 5.74) is 0.782. The van der Waals surface area contributed by atoms with E-state index in [0.717, 1.165) is 32.4 Å². The molecule has 0 unspecified atom stereocenters. The number of nitrogens with zero attached hydrogens (tertiary/aromatic N) is 3. The predicted octanol–water partition coefficient (Wildman–Crippen LogP) is 0.907. The van der Waals surface area contributed by atoms with Crippen LogP contribution < -0.4 is 10.5 Å². The number of hydrogen-bond donors (Lipinski definition) is 2. The van der Waals surface area contributed by atoms with E-state index in [1.54, 1.807) is 0 Å². The minimum Gasteiger partial charge on any atom is -0.311 e. The second-order valence-electron chi connectivity index (χ2n) is 8.30. The van der Waals surface area contributed by atoms with Gasteiger partial charge in [0.15, 0.2) is 0 Å². The fourth-order valence-electron chi connectivity index (χ4n) is 4.64. The molecular weight excluding hydrogens is 381 g/mol. The first kappa shape index (κ1) is 19.7. The third-order valence-corrected chi connectivity index (χ3v) is 7.39. The number of likely N-dealkylation sites (tertiary alicyclic amines) is 1. The Balaban J connectivity index is 1.28. The van der Waals surface area contributed by atoms with E-state index in [0.29, 0.717) is 37.5 Å². The van der Waals surface area contributed by atoms with Crippen molar-refractivity contribution in [2.75, 3.05) is 26.2 Å². The van der Waals surface area contributed by atoms with E-state index in [1.807, 2.05) is 12.1 Å². The lowest BCUT2D eigenvalue weighted by molar-refractivity contribution is -0.0255. The molecule has 1 aliphatic carbocycles. The normalized spacial score (nSPS) is 28.5. The maximum Gasteiger partial charge on any atom is 0.277 e. The standard InChI is InChI=1S/C19H26FN5O2S/c20-15-3-1-14(2-4-15)17-11-18(17)23-16-5-9-24(10-6-16)19(7-8-21)12-25(13-19)28(22,26)27/h1-4,16-18,23H,5-7,9-13H2,(H2,22,26,27)/t17-,18+/m0/s1. The Morgan fingerprint density at radius 1 is 1.25 bits per heavy atom. The van der Waals surface area contributed by atoms with Crippen molar-refractivity contribution in [2.45, 2.75) is 49.2 Å². The Hall–Kier alpha value is -1.57. The van der Waals surface area contributed by atoms with E-state index in [9.17, 15) is 18.1 Å². The average Bonchev–Trinajstić information content (AvgIpc) is 3.37. The molecular formula is C19H26FN5O2S. The molecule has 28 heavy (non-hydrogen) atoms. The Bertz CT molecular complexity index is 855. The first-order valence-corrected chi connectivity index (χ1v) is 11.2. The molecule has 1 aromatic rings. The van der Waals surface area contributed by atoms with Gasteiger partial charge in [0.1, 0.15) is 5.82 Å². The quantitative estimate of drug-likeness (QED) is 0.730. The Morgan fingerprint density at radius 2 is 1.89 bits per heavy atom. The number of nitrogens with two attached hydrogens (primary N) is 1. The van der Waals surface area contributed by atoms with Crippen LogP contribution in [-0.4, -0.2) is 61.4 Å². The molecule has 9 heteroatoms. The Labute approximate surface area is 165 Å². The van der Waals surface area contributed by atoms with Crippen LogP contribution >= 0.6 is 0 Å². The fourth-order valence-corrected chi connectivity index (χ4v) is 5.48. The van der Waals surface area contributed by atoms with Gasteiger partial charge >= 0.3 is 0 Å². The predicted molar refractivity (Wildman–Crippen MR) is 103 cm³/mol. The minimum atomic E-state index is -3.69. The number of piperidine rings is 1. The highest BCUT2D eigenvalue weighted by Gasteiger charge is 2.51. The summed E-state index contributed by atoms with van der Waals surface area (Å²) in [6.07, 6.45) is 3.32. The van der Waals surface area contributed by atoms with Crippen molar-refractivity contribution in [3.8, 4) is 6.07 Å². The smallest absolute Gasteiger partial charge is 0.277 e. The topological polar surface area (TPSA) is 102 Å². The van der Waals surface area contributed by atoms with Gasteiger partial charge in [0.25, 0.3) is 10.2 Å². The summed E-state index contributed by atoms with van der Waals surface area (Å²) in [5.74, 6) is 0.253. The lowest BCUT2D eigenvalue weighted by Gasteiger charge is -2.55. The number of halogens is 1. The molecule has 1 saturated carbocycles. The van der Waals surface area contributed by atoms with Crippen LogP contribution in [-0.2, 0) is 10.2 Å². The summed E-state index contributed by atoms with van der Waals surface area (Å²) >= 11 is 0. The van der Waals surface area contributed by atoms with Gasteiger partial charge in [-0.3, -0.25) is 4.90 Å². The molecule has 1 aromatic carbocycles. The van der Waals surface area contributed by atoms with E-state index in [-0.39, 0.29) is 5.82 Å². The zero-order valence-electron chi connectivity index (χ0n) is 15.7. The van der Waals surface area contributed by atoms with Crippen molar-refractivity contribution in [3.63, 3.8) is 0 Å². The zero-order valence-corrected chi connectivity index (χ0v) is 16.5. The molecule has 2 aliphatic heterocycles. The number of hydrogen-bond acceptors (Lipinski definition) is 5. The molecule has 0 aromatic heterocycles. The van der Waals surface area contributed by atoms with Crippen molar-refractivity contribution >= 4 is 10.2 Å². The monoisotopic (exact) mass is 407 g/mol. The molecule has 0 spiro atoms. The highest BCUT2D eigenvalue weighted by Crippen LogP contribution is 2.42. The second-order valence-corrected chi connectivity index (χ2v) is 9.85. The molecule has 0 bridgehead atoms. The minimum absolute atomic E-state index is 0.204. The Kier molecular flexibility index (Phi) is 5.18. The molecule has 2 saturated heterocycles. The molecule has 3 fully saturated rings. The summed E-state index contributed by atoms with van der Waals surface area (Å²) in [6, 6.07) is 9.83. The van der Waals surface area contributed by atoms with Gasteiger partial charge in [0.05, 0.1) is 18.0 Å². The van der Waals surface area contributed by atoms with Crippen LogP contribution in [0, 0.1) is 17.1 Å². The van der Waals surface area contributed by atoms with Gasteiger partial charge in [-0.05, 0) is 37.0 Å². The van der Waals surface area contributed by atoms with Crippen LogP contribution in [0.25, 0.3) is 0 Å². The van der Waals surface area contributed by atoms with Gasteiger partial charge in [-0.1, -0.05) is 12.1 Å². The lowest BCUT2D eigenvalue weighted by atomic mass is 9.84. The Morgan fingerprint density at radius 3 is 2.46 bits per heavy atom. The van der Waals surface area contributed by atoms with Crippen molar-refractivity contribution < 1.29 is 12.8 Å². The fraction of sp³-hybridized carbons (Fsp3) is 0.632.